The van der Waals surface area contributed by atoms with Crippen molar-refractivity contribution in [2.75, 3.05) is 12.3 Å². The van der Waals surface area contributed by atoms with Crippen molar-refractivity contribution in [2.45, 2.75) is 25.3 Å². The molecule has 1 aliphatic carbocycles. The topological polar surface area (TPSA) is 110 Å². The van der Waals surface area contributed by atoms with Gasteiger partial charge in [0.25, 0.3) is 5.91 Å². The third-order valence-corrected chi connectivity index (χ3v) is 2.47. The third kappa shape index (κ3) is 3.69. The summed E-state index contributed by atoms with van der Waals surface area (Å²) in [7, 11) is 0. The van der Waals surface area contributed by atoms with E-state index in [1.54, 1.807) is 0 Å². The molecular weight excluding hydrogens is 234 g/mol. The summed E-state index contributed by atoms with van der Waals surface area (Å²) in [6, 6.07) is 0.341. The summed E-state index contributed by atoms with van der Waals surface area (Å²) >= 11 is 0. The maximum absolute atomic E-state index is 11.6. The van der Waals surface area contributed by atoms with Gasteiger partial charge in [-0.1, -0.05) is 0 Å². The van der Waals surface area contributed by atoms with Crippen molar-refractivity contribution in [2.24, 2.45) is 0 Å². The molecule has 1 heterocycles. The summed E-state index contributed by atoms with van der Waals surface area (Å²) in [5, 5.41) is 5.43. The van der Waals surface area contributed by atoms with Crippen LogP contribution in [0.5, 0.6) is 0 Å². The Morgan fingerprint density at radius 3 is 2.83 bits per heavy atom. The van der Waals surface area contributed by atoms with Crippen molar-refractivity contribution in [1.82, 2.24) is 20.6 Å². The molecule has 1 fully saturated rings. The molecule has 0 aromatic carbocycles. The summed E-state index contributed by atoms with van der Waals surface area (Å²) in [6.45, 7) is 0.272. The molecule has 18 heavy (non-hydrogen) atoms. The second-order valence-electron chi connectivity index (χ2n) is 4.18. The Morgan fingerprint density at radius 1 is 1.39 bits per heavy atom. The largest absolute Gasteiger partial charge is 0.382 e. The maximum atomic E-state index is 11.6. The van der Waals surface area contributed by atoms with Crippen LogP contribution in [0.15, 0.2) is 12.4 Å². The van der Waals surface area contributed by atoms with Crippen molar-refractivity contribution in [1.29, 1.82) is 0 Å². The second kappa shape index (κ2) is 5.44. The Balaban J connectivity index is 1.72. The summed E-state index contributed by atoms with van der Waals surface area (Å²) in [4.78, 5) is 30.6. The van der Waals surface area contributed by atoms with Crippen LogP contribution in [0.25, 0.3) is 0 Å². The first-order chi connectivity index (χ1) is 8.65. The van der Waals surface area contributed by atoms with E-state index in [-0.39, 0.29) is 36.3 Å². The fraction of sp³-hybridized carbons (Fsp3) is 0.455. The van der Waals surface area contributed by atoms with Crippen molar-refractivity contribution in [3.05, 3.63) is 18.1 Å². The van der Waals surface area contributed by atoms with E-state index in [1.165, 1.54) is 12.4 Å². The smallest absolute Gasteiger partial charge is 0.271 e. The molecule has 2 amide bonds. The van der Waals surface area contributed by atoms with Crippen LogP contribution < -0.4 is 16.4 Å². The van der Waals surface area contributed by atoms with E-state index in [0.29, 0.717) is 6.04 Å². The molecule has 0 spiro atoms. The number of nitrogens with one attached hydrogen (secondary N) is 2. The van der Waals surface area contributed by atoms with Crippen LogP contribution in [-0.4, -0.2) is 34.4 Å². The molecule has 1 aromatic heterocycles. The lowest BCUT2D eigenvalue weighted by Gasteiger charge is -2.05. The zero-order valence-corrected chi connectivity index (χ0v) is 9.85. The Labute approximate surface area is 104 Å². The van der Waals surface area contributed by atoms with Gasteiger partial charge in [0.2, 0.25) is 5.91 Å². The van der Waals surface area contributed by atoms with Gasteiger partial charge in [-0.2, -0.15) is 0 Å². The molecular formula is C11H15N5O2. The summed E-state index contributed by atoms with van der Waals surface area (Å²) in [6.07, 6.45) is 5.06. The SMILES string of the molecule is Nc1cncc(C(=O)NCCC(=O)NC2CC2)n1. The monoisotopic (exact) mass is 249 g/mol. The number of anilines is 1. The third-order valence-electron chi connectivity index (χ3n) is 2.47. The normalized spacial score (nSPS) is 14.0. The van der Waals surface area contributed by atoms with Gasteiger partial charge >= 0.3 is 0 Å². The number of nitrogens with two attached hydrogens (primary N) is 1. The zero-order chi connectivity index (χ0) is 13.0. The van der Waals surface area contributed by atoms with E-state index in [4.69, 9.17) is 5.73 Å². The number of carbonyl (C=O) groups excluding carboxylic acids is 2. The molecule has 0 bridgehead atoms. The highest BCUT2D eigenvalue weighted by molar-refractivity contribution is 5.92. The Hall–Kier alpha value is -2.18. The molecule has 2 rings (SSSR count). The average molecular weight is 249 g/mol. The van der Waals surface area contributed by atoms with E-state index >= 15 is 0 Å². The van der Waals surface area contributed by atoms with Gasteiger partial charge in [0.05, 0.1) is 12.4 Å². The lowest BCUT2D eigenvalue weighted by Crippen LogP contribution is -2.32. The van der Waals surface area contributed by atoms with Crippen LogP contribution in [0, 0.1) is 0 Å². The van der Waals surface area contributed by atoms with Crippen LogP contribution in [0.2, 0.25) is 0 Å². The quantitative estimate of drug-likeness (QED) is 0.649. The molecule has 0 aliphatic heterocycles. The number of hydrogen-bond donors (Lipinski definition) is 3. The van der Waals surface area contributed by atoms with Crippen LogP contribution >= 0.6 is 0 Å². The molecule has 96 valence electrons. The van der Waals surface area contributed by atoms with Gasteiger partial charge in [-0.05, 0) is 12.8 Å². The van der Waals surface area contributed by atoms with Crippen LogP contribution in [-0.2, 0) is 4.79 Å². The molecule has 7 heteroatoms. The van der Waals surface area contributed by atoms with Gasteiger partial charge in [0.15, 0.2) is 0 Å². The van der Waals surface area contributed by atoms with Gasteiger partial charge in [-0.25, -0.2) is 4.98 Å². The molecule has 1 aromatic rings. The molecule has 1 saturated carbocycles. The number of carbonyl (C=O) groups is 2. The van der Waals surface area contributed by atoms with Gasteiger partial charge < -0.3 is 16.4 Å². The molecule has 0 saturated heterocycles. The lowest BCUT2D eigenvalue weighted by atomic mass is 10.3. The summed E-state index contributed by atoms with van der Waals surface area (Å²) in [5.74, 6) is -0.236. The highest BCUT2D eigenvalue weighted by atomic mass is 16.2. The Bertz CT molecular complexity index is 459. The van der Waals surface area contributed by atoms with Crippen molar-refractivity contribution < 1.29 is 9.59 Å². The van der Waals surface area contributed by atoms with Gasteiger partial charge in [0.1, 0.15) is 11.5 Å². The maximum Gasteiger partial charge on any atom is 0.271 e. The molecule has 7 nitrogen and oxygen atoms in total. The fourth-order valence-corrected chi connectivity index (χ4v) is 1.40. The fourth-order valence-electron chi connectivity index (χ4n) is 1.40. The highest BCUT2D eigenvalue weighted by Crippen LogP contribution is 2.18. The standard InChI is InChI=1S/C11H15N5O2/c12-9-6-13-5-8(16-9)11(18)14-4-3-10(17)15-7-1-2-7/h5-7H,1-4H2,(H2,12,16)(H,14,18)(H,15,17). The number of hydrogen-bond acceptors (Lipinski definition) is 5. The minimum Gasteiger partial charge on any atom is -0.382 e. The van der Waals surface area contributed by atoms with Gasteiger partial charge in [0, 0.05) is 19.0 Å². The zero-order valence-electron chi connectivity index (χ0n) is 9.85. The van der Waals surface area contributed by atoms with Crippen molar-refractivity contribution in [3.8, 4) is 0 Å². The van der Waals surface area contributed by atoms with Crippen LogP contribution in [0.1, 0.15) is 29.8 Å². The second-order valence-corrected chi connectivity index (χ2v) is 4.18. The first-order valence-electron chi connectivity index (χ1n) is 5.80. The summed E-state index contributed by atoms with van der Waals surface area (Å²) in [5.41, 5.74) is 5.57. The molecule has 0 radical (unpaired) electrons. The van der Waals surface area contributed by atoms with Crippen LogP contribution in [0.3, 0.4) is 0 Å². The molecule has 0 unspecified atom stereocenters. The molecule has 1 aliphatic rings. The van der Waals surface area contributed by atoms with Crippen LogP contribution in [0.4, 0.5) is 5.82 Å². The highest BCUT2D eigenvalue weighted by Gasteiger charge is 2.22. The Morgan fingerprint density at radius 2 is 2.17 bits per heavy atom. The minimum absolute atomic E-state index is 0.0449. The average Bonchev–Trinajstić information content (AvgIpc) is 3.12. The number of nitrogens with zero attached hydrogens (tertiary/aromatic N) is 2. The predicted molar refractivity (Wildman–Crippen MR) is 64.6 cm³/mol. The number of nitrogen functional groups attached to an aromatic ring is 1. The number of amides is 2. The predicted octanol–water partition coefficient (Wildman–Crippen LogP) is -0.543. The van der Waals surface area contributed by atoms with E-state index in [9.17, 15) is 9.59 Å². The van der Waals surface area contributed by atoms with Crippen molar-refractivity contribution >= 4 is 17.6 Å². The lowest BCUT2D eigenvalue weighted by molar-refractivity contribution is -0.121. The van der Waals surface area contributed by atoms with Crippen molar-refractivity contribution in [3.63, 3.8) is 0 Å². The molecule has 4 N–H and O–H groups in total. The molecule has 0 atom stereocenters. The summed E-state index contributed by atoms with van der Waals surface area (Å²) < 4.78 is 0. The number of aromatic nitrogens is 2. The Kier molecular flexibility index (Phi) is 3.71. The van der Waals surface area contributed by atoms with Gasteiger partial charge in [-0.15, -0.1) is 0 Å². The van der Waals surface area contributed by atoms with E-state index in [2.05, 4.69) is 20.6 Å². The first kappa shape index (κ1) is 12.3. The van der Waals surface area contributed by atoms with Gasteiger partial charge in [-0.3, -0.25) is 14.6 Å². The van der Waals surface area contributed by atoms with E-state index < -0.39 is 0 Å². The first-order valence-corrected chi connectivity index (χ1v) is 5.80. The minimum atomic E-state index is -0.381. The van der Waals surface area contributed by atoms with E-state index in [0.717, 1.165) is 12.8 Å². The van der Waals surface area contributed by atoms with E-state index in [1.807, 2.05) is 0 Å². The number of rotatable bonds is 5.